The maximum atomic E-state index is 13.3. The Morgan fingerprint density at radius 2 is 2.19 bits per heavy atom. The molecule has 1 atom stereocenters. The molecular formula is C18H16ClFN2O5. The molecule has 9 heteroatoms. The fourth-order valence-electron chi connectivity index (χ4n) is 3.02. The van der Waals surface area contributed by atoms with Crippen LogP contribution in [0.3, 0.4) is 0 Å². The topological polar surface area (TPSA) is 99.8 Å². The van der Waals surface area contributed by atoms with E-state index in [1.54, 1.807) is 6.92 Å². The van der Waals surface area contributed by atoms with Crippen molar-refractivity contribution in [2.75, 3.05) is 11.4 Å². The van der Waals surface area contributed by atoms with Crippen LogP contribution in [0, 0.1) is 12.7 Å². The molecule has 7 nitrogen and oxygen atoms in total. The van der Waals surface area contributed by atoms with Gasteiger partial charge in [0.25, 0.3) is 5.91 Å². The summed E-state index contributed by atoms with van der Waals surface area (Å²) >= 11 is 5.76. The lowest BCUT2D eigenvalue weighted by Crippen LogP contribution is -2.42. The molecule has 0 aliphatic carbocycles. The van der Waals surface area contributed by atoms with E-state index in [1.165, 1.54) is 29.4 Å². The van der Waals surface area contributed by atoms with Crippen molar-refractivity contribution < 1.29 is 28.3 Å². The number of aliphatic carboxylic acids is 1. The van der Waals surface area contributed by atoms with Crippen molar-refractivity contribution >= 4 is 35.1 Å². The number of hydrogen-bond acceptors (Lipinski definition) is 4. The van der Waals surface area contributed by atoms with Crippen molar-refractivity contribution in [1.29, 1.82) is 0 Å². The highest BCUT2D eigenvalue weighted by molar-refractivity contribution is 6.31. The molecule has 0 saturated carbocycles. The number of carbonyl (C=O) groups is 3. The van der Waals surface area contributed by atoms with E-state index in [9.17, 15) is 18.8 Å². The van der Waals surface area contributed by atoms with E-state index in [2.05, 4.69) is 5.32 Å². The number of carbonyl (C=O) groups excluding carboxylic acids is 2. The molecule has 2 heterocycles. The van der Waals surface area contributed by atoms with Gasteiger partial charge < -0.3 is 19.7 Å². The molecule has 2 N–H and O–H groups in total. The fraction of sp³-hybridized carbons (Fsp3) is 0.278. The van der Waals surface area contributed by atoms with Crippen LogP contribution in [-0.2, 0) is 16.0 Å². The van der Waals surface area contributed by atoms with Gasteiger partial charge in [-0.25, -0.2) is 4.39 Å². The summed E-state index contributed by atoms with van der Waals surface area (Å²) in [6.45, 7) is 1.95. The Hall–Kier alpha value is -2.87. The number of nitrogens with one attached hydrogen (secondary N) is 1. The normalized spacial score (nSPS) is 16.6. The van der Waals surface area contributed by atoms with Crippen molar-refractivity contribution in [2.24, 2.45) is 0 Å². The van der Waals surface area contributed by atoms with Crippen LogP contribution in [0.25, 0.3) is 0 Å². The van der Waals surface area contributed by atoms with Crippen LogP contribution < -0.4 is 10.2 Å². The van der Waals surface area contributed by atoms with E-state index in [0.29, 0.717) is 24.2 Å². The van der Waals surface area contributed by atoms with E-state index in [1.807, 2.05) is 0 Å². The molecule has 1 fully saturated rings. The summed E-state index contributed by atoms with van der Waals surface area (Å²) in [5.74, 6) is -2.61. The van der Waals surface area contributed by atoms with E-state index in [4.69, 9.17) is 21.1 Å². The zero-order chi connectivity index (χ0) is 19.7. The summed E-state index contributed by atoms with van der Waals surface area (Å²) in [5.41, 5.74) is 1.04. The average molecular weight is 395 g/mol. The minimum atomic E-state index is -1.13. The van der Waals surface area contributed by atoms with Crippen molar-refractivity contribution in [1.82, 2.24) is 5.32 Å². The van der Waals surface area contributed by atoms with Gasteiger partial charge in [0.05, 0.1) is 16.8 Å². The van der Waals surface area contributed by atoms with Gasteiger partial charge in [0.1, 0.15) is 24.0 Å². The number of anilines is 1. The van der Waals surface area contributed by atoms with Crippen LogP contribution in [0.2, 0.25) is 5.02 Å². The molecule has 1 aromatic heterocycles. The molecule has 0 bridgehead atoms. The SMILES string of the molecule is Cc1coc(CC(=O)O)c1C(=O)NC1CCN(c2ccc(F)c(Cl)c2)C1=O. The third-order valence-corrected chi connectivity index (χ3v) is 4.61. The number of hydrogen-bond donors (Lipinski definition) is 2. The highest BCUT2D eigenvalue weighted by Crippen LogP contribution is 2.27. The molecule has 1 unspecified atom stereocenters. The molecule has 1 aromatic carbocycles. The van der Waals surface area contributed by atoms with Crippen molar-refractivity contribution in [2.45, 2.75) is 25.8 Å². The first-order valence-corrected chi connectivity index (χ1v) is 8.51. The first kappa shape index (κ1) is 18.9. The number of amides is 2. The van der Waals surface area contributed by atoms with E-state index < -0.39 is 30.2 Å². The minimum Gasteiger partial charge on any atom is -0.481 e. The standard InChI is InChI=1S/C18H16ClFN2O5/c1-9-8-27-14(7-15(23)24)16(9)17(25)21-13-4-5-22(18(13)26)10-2-3-12(20)11(19)6-10/h2-3,6,8,13H,4-5,7H2,1H3,(H,21,25)(H,23,24). The van der Waals surface area contributed by atoms with Crippen molar-refractivity contribution in [3.63, 3.8) is 0 Å². The second kappa shape index (κ2) is 7.40. The average Bonchev–Trinajstić information content (AvgIpc) is 3.13. The highest BCUT2D eigenvalue weighted by atomic mass is 35.5. The van der Waals surface area contributed by atoms with E-state index in [0.717, 1.165) is 0 Å². The Balaban J connectivity index is 1.75. The van der Waals surface area contributed by atoms with Gasteiger partial charge in [-0.3, -0.25) is 14.4 Å². The number of aryl methyl sites for hydroxylation is 1. The minimum absolute atomic E-state index is 0.0325. The van der Waals surface area contributed by atoms with Crippen molar-refractivity contribution in [3.8, 4) is 0 Å². The van der Waals surface area contributed by atoms with Gasteiger partial charge in [-0.05, 0) is 31.5 Å². The molecule has 2 aromatic rings. The molecule has 27 heavy (non-hydrogen) atoms. The zero-order valence-corrected chi connectivity index (χ0v) is 15.0. The number of carboxylic acids is 1. The van der Waals surface area contributed by atoms with Crippen LogP contribution >= 0.6 is 11.6 Å². The van der Waals surface area contributed by atoms with Gasteiger partial charge in [0, 0.05) is 17.8 Å². The Labute approximate surface area is 158 Å². The van der Waals surface area contributed by atoms with Crippen LogP contribution in [0.4, 0.5) is 10.1 Å². The quantitative estimate of drug-likeness (QED) is 0.811. The second-order valence-electron chi connectivity index (χ2n) is 6.19. The summed E-state index contributed by atoms with van der Waals surface area (Å²) < 4.78 is 18.5. The number of halogens is 2. The van der Waals surface area contributed by atoms with Gasteiger partial charge in [-0.2, -0.15) is 0 Å². The molecule has 1 aliphatic heterocycles. The summed E-state index contributed by atoms with van der Waals surface area (Å²) in [7, 11) is 0. The number of nitrogens with zero attached hydrogens (tertiary/aromatic N) is 1. The van der Waals surface area contributed by atoms with Gasteiger partial charge >= 0.3 is 5.97 Å². The molecule has 0 radical (unpaired) electrons. The molecule has 142 valence electrons. The number of furan rings is 1. The van der Waals surface area contributed by atoms with Gasteiger partial charge in [0.15, 0.2) is 0 Å². The predicted molar refractivity (Wildman–Crippen MR) is 94.4 cm³/mol. The Kier molecular flexibility index (Phi) is 5.18. The lowest BCUT2D eigenvalue weighted by atomic mass is 10.1. The largest absolute Gasteiger partial charge is 0.481 e. The first-order chi connectivity index (χ1) is 12.8. The van der Waals surface area contributed by atoms with Crippen LogP contribution in [0.1, 0.15) is 28.1 Å². The number of carboxylic acid groups (broad SMARTS) is 1. The predicted octanol–water partition coefficient (Wildman–Crippen LogP) is 2.54. The summed E-state index contributed by atoms with van der Waals surface area (Å²) in [6.07, 6.45) is 1.22. The maximum Gasteiger partial charge on any atom is 0.311 e. The maximum absolute atomic E-state index is 13.3. The molecule has 0 spiro atoms. The van der Waals surface area contributed by atoms with E-state index in [-0.39, 0.29) is 22.3 Å². The van der Waals surface area contributed by atoms with Crippen molar-refractivity contribution in [3.05, 3.63) is 52.2 Å². The van der Waals surface area contributed by atoms with E-state index >= 15 is 0 Å². The Morgan fingerprint density at radius 3 is 2.85 bits per heavy atom. The lowest BCUT2D eigenvalue weighted by Gasteiger charge is -2.17. The third-order valence-electron chi connectivity index (χ3n) is 4.32. The third kappa shape index (κ3) is 3.80. The molecule has 3 rings (SSSR count). The van der Waals surface area contributed by atoms with Crippen LogP contribution in [0.15, 0.2) is 28.9 Å². The highest BCUT2D eigenvalue weighted by Gasteiger charge is 2.35. The van der Waals surface area contributed by atoms with Crippen LogP contribution in [-0.4, -0.2) is 35.5 Å². The summed E-state index contributed by atoms with van der Waals surface area (Å²) in [6, 6.07) is 3.18. The lowest BCUT2D eigenvalue weighted by molar-refractivity contribution is -0.136. The number of benzene rings is 1. The zero-order valence-electron chi connectivity index (χ0n) is 14.3. The molecule has 2 amide bonds. The van der Waals surface area contributed by atoms with Gasteiger partial charge in [0.2, 0.25) is 5.91 Å². The monoisotopic (exact) mass is 394 g/mol. The fourth-order valence-corrected chi connectivity index (χ4v) is 3.20. The Bertz CT molecular complexity index is 926. The summed E-state index contributed by atoms with van der Waals surface area (Å²) in [5, 5.41) is 11.4. The molecule has 1 aliphatic rings. The first-order valence-electron chi connectivity index (χ1n) is 8.14. The Morgan fingerprint density at radius 1 is 1.44 bits per heavy atom. The number of rotatable bonds is 5. The summed E-state index contributed by atoms with van der Waals surface area (Å²) in [4.78, 5) is 37.5. The van der Waals surface area contributed by atoms with Gasteiger partial charge in [-0.1, -0.05) is 11.6 Å². The second-order valence-corrected chi connectivity index (χ2v) is 6.60. The van der Waals surface area contributed by atoms with Crippen LogP contribution in [0.5, 0.6) is 0 Å². The smallest absolute Gasteiger partial charge is 0.311 e. The molecule has 1 saturated heterocycles. The van der Waals surface area contributed by atoms with Gasteiger partial charge in [-0.15, -0.1) is 0 Å². The molecular weight excluding hydrogens is 379 g/mol.